The highest BCUT2D eigenvalue weighted by atomic mass is 16.7. The van der Waals surface area contributed by atoms with Crippen LogP contribution in [0.3, 0.4) is 0 Å². The Morgan fingerprint density at radius 3 is 2.20 bits per heavy atom. The van der Waals surface area contributed by atoms with Gasteiger partial charge < -0.3 is 14.0 Å². The van der Waals surface area contributed by atoms with Gasteiger partial charge in [0.25, 0.3) is 0 Å². The van der Waals surface area contributed by atoms with Crippen LogP contribution < -0.4 is 5.46 Å². The van der Waals surface area contributed by atoms with Crippen molar-refractivity contribution in [3.05, 3.63) is 41.7 Å². The Hall–Kier alpha value is -1.26. The third-order valence-electron chi connectivity index (χ3n) is 7.93. The van der Waals surface area contributed by atoms with Gasteiger partial charge in [0.1, 0.15) is 5.60 Å². The lowest BCUT2D eigenvalue weighted by molar-refractivity contribution is 0.00578. The summed E-state index contributed by atoms with van der Waals surface area (Å²) in [6.07, 6.45) is 7.22. The molecule has 1 aromatic carbocycles. The quantitative estimate of drug-likeness (QED) is 0.473. The van der Waals surface area contributed by atoms with E-state index in [0.717, 1.165) is 17.6 Å². The van der Waals surface area contributed by atoms with Gasteiger partial charge in [-0.05, 0) is 109 Å². The fourth-order valence-electron chi connectivity index (χ4n) is 5.46. The van der Waals surface area contributed by atoms with E-state index >= 15 is 0 Å². The zero-order valence-corrected chi connectivity index (χ0v) is 20.1. The lowest BCUT2D eigenvalue weighted by atomic mass is 9.66. The molecule has 0 bridgehead atoms. The topological polar surface area (TPSA) is 27.7 Å². The van der Waals surface area contributed by atoms with Gasteiger partial charge in [0.15, 0.2) is 0 Å². The van der Waals surface area contributed by atoms with Crippen molar-refractivity contribution in [1.29, 1.82) is 0 Å². The molecule has 1 aliphatic heterocycles. The van der Waals surface area contributed by atoms with Crippen LogP contribution in [0.15, 0.2) is 30.5 Å². The highest BCUT2D eigenvalue weighted by molar-refractivity contribution is 6.62. The fraction of sp³-hybridized carbons (Fsp3) is 0.692. The maximum Gasteiger partial charge on any atom is 0.494 e. The summed E-state index contributed by atoms with van der Waals surface area (Å²) < 4.78 is 18.6. The van der Waals surface area contributed by atoms with E-state index in [9.17, 15) is 0 Å². The molecule has 1 saturated heterocycles. The van der Waals surface area contributed by atoms with Crippen LogP contribution >= 0.6 is 0 Å². The van der Waals surface area contributed by atoms with E-state index < -0.39 is 0 Å². The van der Waals surface area contributed by atoms with E-state index in [1.165, 1.54) is 37.7 Å². The first-order chi connectivity index (χ1) is 13.8. The Morgan fingerprint density at radius 2 is 1.63 bits per heavy atom. The molecule has 0 unspecified atom stereocenters. The van der Waals surface area contributed by atoms with Gasteiger partial charge in [0.2, 0.25) is 0 Å². The Labute approximate surface area is 183 Å². The molecule has 1 spiro atoms. The highest BCUT2D eigenvalue weighted by Crippen LogP contribution is 2.51. The SMILES string of the molecule is C=C(OC(C)(C)C)C1CCC2(CCc3cc(B4OC(C)(C)C(C)(C)O4)ccc32)CC1. The summed E-state index contributed by atoms with van der Waals surface area (Å²) >= 11 is 0. The Balaban J connectivity index is 1.47. The monoisotopic (exact) mass is 410 g/mol. The molecule has 0 atom stereocenters. The van der Waals surface area contributed by atoms with Gasteiger partial charge in [-0.1, -0.05) is 24.8 Å². The van der Waals surface area contributed by atoms with Crippen molar-refractivity contribution in [1.82, 2.24) is 0 Å². The van der Waals surface area contributed by atoms with Gasteiger partial charge in [-0.15, -0.1) is 0 Å². The summed E-state index contributed by atoms with van der Waals surface area (Å²) in [7, 11) is -0.273. The van der Waals surface area contributed by atoms with Crippen LogP contribution in [0.25, 0.3) is 0 Å². The molecule has 1 heterocycles. The van der Waals surface area contributed by atoms with Crippen molar-refractivity contribution >= 4 is 12.6 Å². The molecule has 1 aromatic rings. The van der Waals surface area contributed by atoms with E-state index in [-0.39, 0.29) is 23.9 Å². The molecule has 3 nitrogen and oxygen atoms in total. The summed E-state index contributed by atoms with van der Waals surface area (Å²) in [5, 5.41) is 0. The minimum atomic E-state index is -0.298. The van der Waals surface area contributed by atoms with Gasteiger partial charge in [-0.2, -0.15) is 0 Å². The second kappa shape index (κ2) is 7.13. The molecule has 30 heavy (non-hydrogen) atoms. The van der Waals surface area contributed by atoms with Crippen LogP contribution in [0.4, 0.5) is 0 Å². The van der Waals surface area contributed by atoms with E-state index in [4.69, 9.17) is 14.0 Å². The maximum absolute atomic E-state index is 6.28. The molecule has 164 valence electrons. The molecule has 4 rings (SSSR count). The molecular formula is C26H39BO3. The Bertz CT molecular complexity index is 809. The predicted molar refractivity (Wildman–Crippen MR) is 124 cm³/mol. The van der Waals surface area contributed by atoms with E-state index in [1.54, 1.807) is 5.56 Å². The number of allylic oxidation sites excluding steroid dienone is 1. The molecule has 0 radical (unpaired) electrons. The van der Waals surface area contributed by atoms with E-state index in [1.807, 2.05) is 0 Å². The van der Waals surface area contributed by atoms with Crippen LogP contribution in [-0.4, -0.2) is 23.9 Å². The second-order valence-electron chi connectivity index (χ2n) is 11.7. The number of rotatable bonds is 3. The molecule has 3 aliphatic rings. The minimum Gasteiger partial charge on any atom is -0.493 e. The van der Waals surface area contributed by atoms with Crippen molar-refractivity contribution < 1.29 is 14.0 Å². The van der Waals surface area contributed by atoms with Gasteiger partial charge >= 0.3 is 7.12 Å². The zero-order chi connectivity index (χ0) is 21.9. The number of hydrogen-bond acceptors (Lipinski definition) is 3. The minimum absolute atomic E-state index is 0.157. The largest absolute Gasteiger partial charge is 0.494 e. The Kier molecular flexibility index (Phi) is 5.22. The van der Waals surface area contributed by atoms with Gasteiger partial charge in [-0.3, -0.25) is 0 Å². The molecule has 2 fully saturated rings. The number of fused-ring (bicyclic) bond motifs is 2. The molecule has 0 N–H and O–H groups in total. The van der Waals surface area contributed by atoms with Crippen LogP contribution in [0.1, 0.15) is 91.7 Å². The number of hydrogen-bond donors (Lipinski definition) is 0. The first-order valence-corrected chi connectivity index (χ1v) is 11.7. The number of benzene rings is 1. The normalized spacial score (nSPS) is 29.8. The lowest BCUT2D eigenvalue weighted by Gasteiger charge is -2.39. The lowest BCUT2D eigenvalue weighted by Crippen LogP contribution is -2.41. The smallest absolute Gasteiger partial charge is 0.493 e. The van der Waals surface area contributed by atoms with Crippen LogP contribution in [0, 0.1) is 5.92 Å². The summed E-state index contributed by atoms with van der Waals surface area (Å²) in [6.45, 7) is 19.0. The van der Waals surface area contributed by atoms with Crippen LogP contribution in [-0.2, 0) is 25.9 Å². The van der Waals surface area contributed by atoms with Crippen molar-refractivity contribution in [3.8, 4) is 0 Å². The summed E-state index contributed by atoms with van der Waals surface area (Å²) in [6, 6.07) is 6.95. The second-order valence-corrected chi connectivity index (χ2v) is 11.7. The molecule has 1 saturated carbocycles. The number of aryl methyl sites for hydroxylation is 1. The zero-order valence-electron chi connectivity index (χ0n) is 20.1. The molecule has 2 aliphatic carbocycles. The van der Waals surface area contributed by atoms with Crippen molar-refractivity contribution in [2.24, 2.45) is 5.92 Å². The fourth-order valence-corrected chi connectivity index (χ4v) is 5.46. The van der Waals surface area contributed by atoms with E-state index in [0.29, 0.717) is 11.3 Å². The third-order valence-corrected chi connectivity index (χ3v) is 7.93. The third kappa shape index (κ3) is 3.86. The first-order valence-electron chi connectivity index (χ1n) is 11.7. The van der Waals surface area contributed by atoms with E-state index in [2.05, 4.69) is 73.2 Å². The number of ether oxygens (including phenoxy) is 1. The van der Waals surface area contributed by atoms with Crippen molar-refractivity contribution in [3.63, 3.8) is 0 Å². The summed E-state index contributed by atoms with van der Waals surface area (Å²) in [5.41, 5.74) is 3.79. The van der Waals surface area contributed by atoms with Gasteiger partial charge in [-0.25, -0.2) is 0 Å². The van der Waals surface area contributed by atoms with Crippen molar-refractivity contribution in [2.75, 3.05) is 0 Å². The summed E-state index contributed by atoms with van der Waals surface area (Å²) in [5.74, 6) is 1.47. The van der Waals surface area contributed by atoms with Gasteiger partial charge in [0, 0.05) is 5.92 Å². The molecule has 0 amide bonds. The standard InChI is InChI=1S/C26H39BO3/c1-18(28-23(2,3)4)19-11-14-26(15-12-19)16-13-20-17-21(9-10-22(20)26)27-29-24(5,6)25(7,8)30-27/h9-10,17,19H,1,11-16H2,2-8H3. The average Bonchev–Trinajstić information content (AvgIpc) is 3.08. The highest BCUT2D eigenvalue weighted by Gasteiger charge is 2.52. The summed E-state index contributed by atoms with van der Waals surface area (Å²) in [4.78, 5) is 0. The molecule has 4 heteroatoms. The first kappa shape index (κ1) is 22.0. The molecular weight excluding hydrogens is 371 g/mol. The van der Waals surface area contributed by atoms with Gasteiger partial charge in [0.05, 0.1) is 17.0 Å². The predicted octanol–water partition coefficient (Wildman–Crippen LogP) is 5.69. The van der Waals surface area contributed by atoms with Crippen LogP contribution in [0.5, 0.6) is 0 Å². The average molecular weight is 410 g/mol. The maximum atomic E-state index is 6.28. The van der Waals surface area contributed by atoms with Crippen LogP contribution in [0.2, 0.25) is 0 Å². The van der Waals surface area contributed by atoms with Crippen molar-refractivity contribution in [2.45, 2.75) is 109 Å². The Morgan fingerprint density at radius 1 is 1.03 bits per heavy atom. The molecule has 0 aromatic heterocycles.